The van der Waals surface area contributed by atoms with Crippen LogP contribution < -0.4 is 0 Å². The minimum absolute atomic E-state index is 0.267. The Hall–Kier alpha value is -1.80. The van der Waals surface area contributed by atoms with Gasteiger partial charge in [0.1, 0.15) is 24.4 Å². The average molecular weight is 374 g/mol. The second-order valence-corrected chi connectivity index (χ2v) is 6.47. The maximum Gasteiger partial charge on any atom is 0.186 e. The van der Waals surface area contributed by atoms with Gasteiger partial charge in [-0.05, 0) is 11.1 Å². The van der Waals surface area contributed by atoms with E-state index in [1.165, 1.54) is 7.11 Å². The predicted octanol–water partition coefficient (Wildman–Crippen LogP) is 1.88. The number of hydrogen-bond donors (Lipinski definition) is 2. The molecule has 0 amide bonds. The standard InChI is InChI=1S/C21H26O6/c1-24-21-18(23)20(26-14-16-10-6-3-7-11-16)19(17(12-22)27-21)25-13-15-8-4-2-5-9-15/h2-11,17-23H,12-14H2,1H3/t17-,18+,19-,20-,21-/m1/s1. The highest BCUT2D eigenvalue weighted by molar-refractivity contribution is 5.14. The summed E-state index contributed by atoms with van der Waals surface area (Å²) in [5, 5.41) is 20.4. The first-order valence-corrected chi connectivity index (χ1v) is 9.01. The fourth-order valence-corrected chi connectivity index (χ4v) is 3.16. The van der Waals surface area contributed by atoms with Crippen LogP contribution in [0.2, 0.25) is 0 Å². The van der Waals surface area contributed by atoms with Crippen molar-refractivity contribution >= 4 is 0 Å². The molecular weight excluding hydrogens is 348 g/mol. The SMILES string of the molecule is CO[C@@H]1O[C@H](CO)[C@@H](OCc2ccccc2)[C@H](OCc2ccccc2)[C@@H]1O. The van der Waals surface area contributed by atoms with Crippen molar-refractivity contribution in [3.63, 3.8) is 0 Å². The molecule has 1 aliphatic rings. The molecule has 3 rings (SSSR count). The molecule has 0 unspecified atom stereocenters. The Morgan fingerprint density at radius 1 is 0.852 bits per heavy atom. The van der Waals surface area contributed by atoms with Crippen molar-refractivity contribution in [3.05, 3.63) is 71.8 Å². The van der Waals surface area contributed by atoms with Crippen LogP contribution in [0.3, 0.4) is 0 Å². The van der Waals surface area contributed by atoms with Crippen molar-refractivity contribution in [1.29, 1.82) is 0 Å². The Morgan fingerprint density at radius 3 is 1.85 bits per heavy atom. The predicted molar refractivity (Wildman–Crippen MR) is 98.8 cm³/mol. The molecule has 5 atom stereocenters. The molecule has 0 aliphatic carbocycles. The number of aliphatic hydroxyl groups is 2. The Labute approximate surface area is 159 Å². The van der Waals surface area contributed by atoms with Crippen LogP contribution in [0.15, 0.2) is 60.7 Å². The highest BCUT2D eigenvalue weighted by atomic mass is 16.7. The van der Waals surface area contributed by atoms with Crippen LogP contribution in [0, 0.1) is 0 Å². The third kappa shape index (κ3) is 5.13. The van der Waals surface area contributed by atoms with Gasteiger partial charge in [0.2, 0.25) is 0 Å². The van der Waals surface area contributed by atoms with E-state index >= 15 is 0 Å². The third-order valence-corrected chi connectivity index (χ3v) is 4.60. The molecule has 0 bridgehead atoms. The smallest absolute Gasteiger partial charge is 0.186 e. The van der Waals surface area contributed by atoms with E-state index in [9.17, 15) is 10.2 Å². The lowest BCUT2D eigenvalue weighted by atomic mass is 9.98. The Morgan fingerprint density at radius 2 is 1.37 bits per heavy atom. The first kappa shape index (κ1) is 19.9. The highest BCUT2D eigenvalue weighted by Crippen LogP contribution is 2.28. The van der Waals surface area contributed by atoms with Crippen LogP contribution in [0.4, 0.5) is 0 Å². The van der Waals surface area contributed by atoms with Gasteiger partial charge in [0.05, 0.1) is 19.8 Å². The highest BCUT2D eigenvalue weighted by Gasteiger charge is 2.46. The summed E-state index contributed by atoms with van der Waals surface area (Å²) < 4.78 is 22.9. The number of aliphatic hydroxyl groups excluding tert-OH is 2. The van der Waals surface area contributed by atoms with Crippen molar-refractivity contribution in [2.75, 3.05) is 13.7 Å². The zero-order valence-electron chi connectivity index (χ0n) is 15.3. The van der Waals surface area contributed by atoms with Crippen molar-refractivity contribution in [3.8, 4) is 0 Å². The summed E-state index contributed by atoms with van der Waals surface area (Å²) >= 11 is 0. The Kier molecular flexibility index (Phi) is 7.34. The van der Waals surface area contributed by atoms with Gasteiger partial charge in [-0.15, -0.1) is 0 Å². The molecule has 1 fully saturated rings. The Bertz CT molecular complexity index is 665. The fourth-order valence-electron chi connectivity index (χ4n) is 3.16. The van der Waals surface area contributed by atoms with Crippen LogP contribution in [0.5, 0.6) is 0 Å². The molecule has 2 N–H and O–H groups in total. The van der Waals surface area contributed by atoms with Gasteiger partial charge >= 0.3 is 0 Å². The zero-order chi connectivity index (χ0) is 19.1. The first-order chi connectivity index (χ1) is 13.2. The van der Waals surface area contributed by atoms with Gasteiger partial charge < -0.3 is 29.2 Å². The first-order valence-electron chi connectivity index (χ1n) is 9.01. The summed E-state index contributed by atoms with van der Waals surface area (Å²) in [5.74, 6) is 0. The number of methoxy groups -OCH3 is 1. The van der Waals surface area contributed by atoms with Gasteiger partial charge in [-0.25, -0.2) is 0 Å². The van der Waals surface area contributed by atoms with Gasteiger partial charge in [-0.1, -0.05) is 60.7 Å². The van der Waals surface area contributed by atoms with Gasteiger partial charge in [0.25, 0.3) is 0 Å². The average Bonchev–Trinajstić information content (AvgIpc) is 2.73. The molecule has 146 valence electrons. The van der Waals surface area contributed by atoms with Gasteiger partial charge in [-0.2, -0.15) is 0 Å². The van der Waals surface area contributed by atoms with Crippen molar-refractivity contribution < 1.29 is 29.2 Å². The minimum Gasteiger partial charge on any atom is -0.394 e. The van der Waals surface area contributed by atoms with Crippen LogP contribution in [-0.4, -0.2) is 54.6 Å². The largest absolute Gasteiger partial charge is 0.394 e. The van der Waals surface area contributed by atoms with Crippen LogP contribution in [-0.2, 0) is 32.2 Å². The quantitative estimate of drug-likeness (QED) is 0.735. The molecule has 2 aromatic carbocycles. The molecule has 0 saturated carbocycles. The normalized spacial score (nSPS) is 28.2. The number of benzene rings is 2. The lowest BCUT2D eigenvalue weighted by molar-refractivity contribution is -0.311. The summed E-state index contributed by atoms with van der Waals surface area (Å²) in [4.78, 5) is 0. The second-order valence-electron chi connectivity index (χ2n) is 6.47. The fraction of sp³-hybridized carbons (Fsp3) is 0.429. The Balaban J connectivity index is 1.73. The molecule has 6 heteroatoms. The van der Waals surface area contributed by atoms with Crippen LogP contribution >= 0.6 is 0 Å². The topological polar surface area (TPSA) is 77.4 Å². The van der Waals surface area contributed by atoms with Crippen molar-refractivity contribution in [1.82, 2.24) is 0 Å². The minimum atomic E-state index is -1.04. The third-order valence-electron chi connectivity index (χ3n) is 4.60. The van der Waals surface area contributed by atoms with E-state index in [1.54, 1.807) is 0 Å². The van der Waals surface area contributed by atoms with Gasteiger partial charge in [0.15, 0.2) is 6.29 Å². The molecular formula is C21H26O6. The van der Waals surface area contributed by atoms with E-state index < -0.39 is 30.7 Å². The summed E-state index contributed by atoms with van der Waals surface area (Å²) in [6.45, 7) is 0.362. The second kappa shape index (κ2) is 9.94. The zero-order valence-corrected chi connectivity index (χ0v) is 15.3. The van der Waals surface area contributed by atoms with E-state index in [4.69, 9.17) is 18.9 Å². The molecule has 2 aromatic rings. The molecule has 0 radical (unpaired) electrons. The number of rotatable bonds is 8. The number of hydrogen-bond acceptors (Lipinski definition) is 6. The van der Waals surface area contributed by atoms with Crippen molar-refractivity contribution in [2.24, 2.45) is 0 Å². The molecule has 27 heavy (non-hydrogen) atoms. The molecule has 6 nitrogen and oxygen atoms in total. The van der Waals surface area contributed by atoms with Gasteiger partial charge in [-0.3, -0.25) is 0 Å². The molecule has 1 heterocycles. The van der Waals surface area contributed by atoms with Crippen LogP contribution in [0.1, 0.15) is 11.1 Å². The van der Waals surface area contributed by atoms with E-state index in [1.807, 2.05) is 60.7 Å². The number of ether oxygens (including phenoxy) is 4. The van der Waals surface area contributed by atoms with E-state index in [0.717, 1.165) is 11.1 Å². The monoisotopic (exact) mass is 374 g/mol. The summed E-state index contributed by atoms with van der Waals surface area (Å²) in [6, 6.07) is 19.4. The summed E-state index contributed by atoms with van der Waals surface area (Å²) in [7, 11) is 1.45. The molecule has 0 spiro atoms. The molecule has 1 aliphatic heterocycles. The molecule has 1 saturated heterocycles. The summed E-state index contributed by atoms with van der Waals surface area (Å²) in [5.41, 5.74) is 1.96. The maximum absolute atomic E-state index is 10.7. The molecule has 0 aromatic heterocycles. The van der Waals surface area contributed by atoms with E-state index in [0.29, 0.717) is 13.2 Å². The maximum atomic E-state index is 10.7. The van der Waals surface area contributed by atoms with E-state index in [2.05, 4.69) is 0 Å². The van der Waals surface area contributed by atoms with Gasteiger partial charge in [0, 0.05) is 7.11 Å². The lowest BCUT2D eigenvalue weighted by Gasteiger charge is -2.43. The van der Waals surface area contributed by atoms with Crippen molar-refractivity contribution in [2.45, 2.75) is 43.9 Å². The summed E-state index contributed by atoms with van der Waals surface area (Å²) in [6.07, 6.45) is -3.94. The lowest BCUT2D eigenvalue weighted by Crippen LogP contribution is -2.60. The van der Waals surface area contributed by atoms with Crippen LogP contribution in [0.25, 0.3) is 0 Å². The van der Waals surface area contributed by atoms with E-state index in [-0.39, 0.29) is 6.61 Å².